The van der Waals surface area contributed by atoms with Crippen molar-refractivity contribution in [3.05, 3.63) is 52.5 Å². The fourth-order valence-electron chi connectivity index (χ4n) is 2.45. The molecule has 0 spiro atoms. The Kier molecular flexibility index (Phi) is 3.52. The molecule has 0 fully saturated rings. The molecule has 1 aromatic heterocycles. The normalized spacial score (nSPS) is 11.0. The van der Waals surface area contributed by atoms with Crippen LogP contribution >= 0.6 is 11.6 Å². The van der Waals surface area contributed by atoms with E-state index in [-0.39, 0.29) is 5.97 Å². The molecular weight excluding hydrogens is 286 g/mol. The summed E-state index contributed by atoms with van der Waals surface area (Å²) in [7, 11) is 0. The number of hydrogen-bond acceptors (Lipinski definition) is 3. The number of pyridine rings is 1. The topological polar surface area (TPSA) is 39.2 Å². The molecule has 1 heterocycles. The van der Waals surface area contributed by atoms with Crippen LogP contribution in [0.2, 0.25) is 5.02 Å². The largest absolute Gasteiger partial charge is 0.462 e. The first-order chi connectivity index (χ1) is 10.1. The van der Waals surface area contributed by atoms with E-state index in [1.807, 2.05) is 31.2 Å². The van der Waals surface area contributed by atoms with Gasteiger partial charge in [-0.1, -0.05) is 23.2 Å². The van der Waals surface area contributed by atoms with Gasteiger partial charge in [0.2, 0.25) is 0 Å². The molecule has 0 aliphatic carbocycles. The summed E-state index contributed by atoms with van der Waals surface area (Å²) in [5.74, 6) is -0.345. The van der Waals surface area contributed by atoms with Crippen molar-refractivity contribution in [3.8, 4) is 0 Å². The van der Waals surface area contributed by atoms with Crippen LogP contribution in [-0.2, 0) is 4.74 Å². The number of halogens is 1. The van der Waals surface area contributed by atoms with Crippen molar-refractivity contribution in [1.82, 2.24) is 4.98 Å². The Morgan fingerprint density at radius 2 is 1.81 bits per heavy atom. The van der Waals surface area contributed by atoms with Gasteiger partial charge in [0.05, 0.1) is 23.2 Å². The summed E-state index contributed by atoms with van der Waals surface area (Å²) in [6, 6.07) is 11.2. The summed E-state index contributed by atoms with van der Waals surface area (Å²) in [6.07, 6.45) is 0. The van der Waals surface area contributed by atoms with Crippen molar-refractivity contribution < 1.29 is 9.53 Å². The lowest BCUT2D eigenvalue weighted by atomic mass is 10.0. The summed E-state index contributed by atoms with van der Waals surface area (Å²) in [5.41, 5.74) is 3.11. The van der Waals surface area contributed by atoms with Crippen molar-refractivity contribution in [2.75, 3.05) is 6.61 Å². The summed E-state index contributed by atoms with van der Waals surface area (Å²) in [5, 5.41) is 2.09. The summed E-state index contributed by atoms with van der Waals surface area (Å²) in [4.78, 5) is 17.0. The number of aryl methyl sites for hydroxylation is 1. The van der Waals surface area contributed by atoms with Crippen LogP contribution in [0.25, 0.3) is 21.8 Å². The minimum Gasteiger partial charge on any atom is -0.462 e. The molecule has 3 rings (SSSR count). The number of hydrogen-bond donors (Lipinski definition) is 0. The maximum atomic E-state index is 12.4. The van der Waals surface area contributed by atoms with Gasteiger partial charge in [-0.15, -0.1) is 0 Å². The summed E-state index contributed by atoms with van der Waals surface area (Å²) in [6.45, 7) is 4.11. The van der Waals surface area contributed by atoms with E-state index in [0.717, 1.165) is 27.4 Å². The highest BCUT2D eigenvalue weighted by molar-refractivity contribution is 6.31. The van der Waals surface area contributed by atoms with Gasteiger partial charge < -0.3 is 4.74 Å². The predicted octanol–water partition coefficient (Wildman–Crippen LogP) is 4.53. The third-order valence-corrected chi connectivity index (χ3v) is 3.60. The Labute approximate surface area is 127 Å². The molecule has 0 unspecified atom stereocenters. The fourth-order valence-corrected chi connectivity index (χ4v) is 2.62. The average molecular weight is 300 g/mol. The van der Waals surface area contributed by atoms with E-state index < -0.39 is 0 Å². The third-order valence-electron chi connectivity index (χ3n) is 3.37. The first-order valence-corrected chi connectivity index (χ1v) is 7.14. The monoisotopic (exact) mass is 299 g/mol. The predicted molar refractivity (Wildman–Crippen MR) is 85.0 cm³/mol. The van der Waals surface area contributed by atoms with Gasteiger partial charge in [0.1, 0.15) is 0 Å². The molecule has 2 aromatic carbocycles. The molecule has 3 nitrogen and oxygen atoms in total. The van der Waals surface area contributed by atoms with Gasteiger partial charge in [0.25, 0.3) is 0 Å². The highest BCUT2D eigenvalue weighted by atomic mass is 35.5. The number of ether oxygens (including phenoxy) is 1. The number of benzene rings is 2. The average Bonchev–Trinajstić information content (AvgIpc) is 2.45. The lowest BCUT2D eigenvalue weighted by molar-refractivity contribution is 0.0531. The molecule has 0 saturated heterocycles. The van der Waals surface area contributed by atoms with Crippen LogP contribution in [0.1, 0.15) is 22.8 Å². The second-order valence-electron chi connectivity index (χ2n) is 4.89. The standard InChI is InChI=1S/C17H14ClNO2/c1-3-21-17(20)16-12-8-10(2)4-6-14(12)19-15-7-5-11(18)9-13(15)16/h4-9H,3H2,1-2H3. The van der Waals surface area contributed by atoms with Crippen molar-refractivity contribution in [2.24, 2.45) is 0 Å². The van der Waals surface area contributed by atoms with Crippen molar-refractivity contribution in [2.45, 2.75) is 13.8 Å². The molecule has 3 aromatic rings. The Bertz CT molecular complexity index is 798. The van der Waals surface area contributed by atoms with Gasteiger partial charge >= 0.3 is 5.97 Å². The van der Waals surface area contributed by atoms with Crippen LogP contribution in [0, 0.1) is 6.92 Å². The van der Waals surface area contributed by atoms with Gasteiger partial charge in [-0.25, -0.2) is 9.78 Å². The van der Waals surface area contributed by atoms with Crippen LogP contribution < -0.4 is 0 Å². The van der Waals surface area contributed by atoms with Gasteiger partial charge in [0.15, 0.2) is 0 Å². The minimum atomic E-state index is -0.345. The highest BCUT2D eigenvalue weighted by Gasteiger charge is 2.17. The van der Waals surface area contributed by atoms with Crippen LogP contribution in [0.15, 0.2) is 36.4 Å². The van der Waals surface area contributed by atoms with Gasteiger partial charge in [0, 0.05) is 15.8 Å². The molecule has 0 N–H and O–H groups in total. The molecule has 0 aliphatic rings. The molecule has 21 heavy (non-hydrogen) atoms. The number of fused-ring (bicyclic) bond motifs is 2. The lowest BCUT2D eigenvalue weighted by Crippen LogP contribution is -2.07. The molecule has 4 heteroatoms. The molecular formula is C17H14ClNO2. The Morgan fingerprint density at radius 3 is 2.52 bits per heavy atom. The Balaban J connectivity index is 2.46. The maximum absolute atomic E-state index is 12.4. The lowest BCUT2D eigenvalue weighted by Gasteiger charge is -2.11. The third kappa shape index (κ3) is 2.45. The minimum absolute atomic E-state index is 0.330. The van der Waals surface area contributed by atoms with Crippen LogP contribution in [-0.4, -0.2) is 17.6 Å². The summed E-state index contributed by atoms with van der Waals surface area (Å²) < 4.78 is 5.21. The molecule has 0 bridgehead atoms. The first-order valence-electron chi connectivity index (χ1n) is 6.77. The molecule has 106 valence electrons. The highest BCUT2D eigenvalue weighted by Crippen LogP contribution is 2.29. The zero-order valence-corrected chi connectivity index (χ0v) is 12.6. The van der Waals surface area contributed by atoms with E-state index in [1.165, 1.54) is 0 Å². The van der Waals surface area contributed by atoms with Gasteiger partial charge in [-0.2, -0.15) is 0 Å². The second-order valence-corrected chi connectivity index (χ2v) is 5.33. The fraction of sp³-hybridized carbons (Fsp3) is 0.176. The van der Waals surface area contributed by atoms with E-state index in [2.05, 4.69) is 4.98 Å². The van der Waals surface area contributed by atoms with E-state index in [4.69, 9.17) is 16.3 Å². The maximum Gasteiger partial charge on any atom is 0.339 e. The van der Waals surface area contributed by atoms with E-state index in [0.29, 0.717) is 17.2 Å². The second kappa shape index (κ2) is 5.34. The number of carbonyl (C=O) groups is 1. The zero-order chi connectivity index (χ0) is 15.0. The SMILES string of the molecule is CCOC(=O)c1c2cc(C)ccc2nc2ccc(Cl)cc12. The first kappa shape index (κ1) is 13.8. The van der Waals surface area contributed by atoms with Crippen molar-refractivity contribution >= 4 is 39.4 Å². The smallest absolute Gasteiger partial charge is 0.339 e. The van der Waals surface area contributed by atoms with E-state index in [1.54, 1.807) is 19.1 Å². The molecule has 0 radical (unpaired) electrons. The zero-order valence-electron chi connectivity index (χ0n) is 11.8. The molecule has 0 aliphatic heterocycles. The molecule has 0 atom stereocenters. The number of carbonyl (C=O) groups excluding carboxylic acids is 1. The van der Waals surface area contributed by atoms with Crippen LogP contribution in [0.4, 0.5) is 0 Å². The van der Waals surface area contributed by atoms with Crippen LogP contribution in [0.5, 0.6) is 0 Å². The molecule has 0 saturated carbocycles. The van der Waals surface area contributed by atoms with Crippen LogP contribution in [0.3, 0.4) is 0 Å². The van der Waals surface area contributed by atoms with Gasteiger partial charge in [-0.3, -0.25) is 0 Å². The number of nitrogens with zero attached hydrogens (tertiary/aromatic N) is 1. The Morgan fingerprint density at radius 1 is 1.14 bits per heavy atom. The molecule has 0 amide bonds. The van der Waals surface area contributed by atoms with E-state index >= 15 is 0 Å². The number of aromatic nitrogens is 1. The van der Waals surface area contributed by atoms with Gasteiger partial charge in [-0.05, 0) is 44.2 Å². The van der Waals surface area contributed by atoms with E-state index in [9.17, 15) is 4.79 Å². The summed E-state index contributed by atoms with van der Waals surface area (Å²) >= 11 is 6.07. The number of rotatable bonds is 2. The Hall–Kier alpha value is -2.13. The quantitative estimate of drug-likeness (QED) is 0.515. The van der Waals surface area contributed by atoms with Crippen molar-refractivity contribution in [1.29, 1.82) is 0 Å². The van der Waals surface area contributed by atoms with Crippen molar-refractivity contribution in [3.63, 3.8) is 0 Å². The number of esters is 1.